The normalized spacial score (nSPS) is 12.7. The molecule has 1 atom stereocenters. The van der Waals surface area contributed by atoms with Gasteiger partial charge in [0.15, 0.2) is 0 Å². The third kappa shape index (κ3) is 2.77. The summed E-state index contributed by atoms with van der Waals surface area (Å²) in [7, 11) is 0. The standard InChI is InChI=1S/C11H16N6/c1-7(2)10-12-5-4-9(16-10)15-8(3)11-13-6-14-17-11/h4-8H,1-3H3,(H,12,15,16)(H,13,14,17). The molecule has 0 bridgehead atoms. The van der Waals surface area contributed by atoms with Gasteiger partial charge in [0.25, 0.3) is 0 Å². The molecule has 2 aromatic rings. The highest BCUT2D eigenvalue weighted by molar-refractivity contribution is 5.35. The van der Waals surface area contributed by atoms with Crippen LogP contribution in [0.1, 0.15) is 44.4 Å². The molecule has 0 fully saturated rings. The lowest BCUT2D eigenvalue weighted by Crippen LogP contribution is -2.11. The van der Waals surface area contributed by atoms with E-state index in [0.29, 0.717) is 5.92 Å². The zero-order chi connectivity index (χ0) is 12.3. The topological polar surface area (TPSA) is 79.4 Å². The lowest BCUT2D eigenvalue weighted by atomic mass is 10.2. The van der Waals surface area contributed by atoms with Crippen molar-refractivity contribution in [2.75, 3.05) is 5.32 Å². The van der Waals surface area contributed by atoms with E-state index in [2.05, 4.69) is 44.3 Å². The maximum atomic E-state index is 4.44. The summed E-state index contributed by atoms with van der Waals surface area (Å²) in [6.45, 7) is 6.13. The number of hydrogen-bond donors (Lipinski definition) is 2. The maximum absolute atomic E-state index is 4.44. The van der Waals surface area contributed by atoms with E-state index in [1.54, 1.807) is 6.20 Å². The Hall–Kier alpha value is -1.98. The predicted octanol–water partition coefficient (Wildman–Crippen LogP) is 1.89. The molecule has 1 unspecified atom stereocenters. The van der Waals surface area contributed by atoms with Gasteiger partial charge in [-0.15, -0.1) is 0 Å². The first-order chi connectivity index (χ1) is 8.16. The molecule has 0 saturated heterocycles. The van der Waals surface area contributed by atoms with Crippen LogP contribution in [-0.2, 0) is 0 Å². The minimum absolute atomic E-state index is 0.0346. The Bertz CT molecular complexity index is 465. The van der Waals surface area contributed by atoms with Gasteiger partial charge in [-0.2, -0.15) is 5.10 Å². The van der Waals surface area contributed by atoms with Crippen molar-refractivity contribution < 1.29 is 0 Å². The molecular weight excluding hydrogens is 216 g/mol. The highest BCUT2D eigenvalue weighted by Gasteiger charge is 2.10. The summed E-state index contributed by atoms with van der Waals surface area (Å²) in [5.74, 6) is 2.74. The van der Waals surface area contributed by atoms with Crippen molar-refractivity contribution in [2.24, 2.45) is 0 Å². The lowest BCUT2D eigenvalue weighted by Gasteiger charge is -2.12. The lowest BCUT2D eigenvalue weighted by molar-refractivity contribution is 0.756. The number of rotatable bonds is 4. The third-order valence-corrected chi connectivity index (χ3v) is 2.40. The molecule has 6 heteroatoms. The number of anilines is 1. The number of aromatic nitrogens is 5. The summed E-state index contributed by atoms with van der Waals surface area (Å²) in [4.78, 5) is 12.8. The van der Waals surface area contributed by atoms with Gasteiger partial charge in [-0.25, -0.2) is 15.0 Å². The molecule has 0 aliphatic heterocycles. The zero-order valence-electron chi connectivity index (χ0n) is 10.2. The molecule has 2 rings (SSSR count). The van der Waals surface area contributed by atoms with Gasteiger partial charge in [0.2, 0.25) is 0 Å². The summed E-state index contributed by atoms with van der Waals surface area (Å²) in [6, 6.07) is 1.88. The number of aromatic amines is 1. The molecule has 2 aromatic heterocycles. The van der Waals surface area contributed by atoms with Crippen molar-refractivity contribution in [1.82, 2.24) is 25.1 Å². The first-order valence-corrected chi connectivity index (χ1v) is 5.61. The average molecular weight is 232 g/mol. The van der Waals surface area contributed by atoms with Gasteiger partial charge in [-0.3, -0.25) is 5.10 Å². The maximum Gasteiger partial charge on any atom is 0.146 e. The summed E-state index contributed by atoms with van der Waals surface area (Å²) in [6.07, 6.45) is 3.25. The SMILES string of the molecule is CC(C)c1nccc(NC(C)c2ncn[nH]2)n1. The van der Waals surface area contributed by atoms with E-state index in [1.165, 1.54) is 6.33 Å². The molecule has 0 radical (unpaired) electrons. The molecule has 0 saturated carbocycles. The van der Waals surface area contributed by atoms with Gasteiger partial charge in [-0.1, -0.05) is 13.8 Å². The summed E-state index contributed by atoms with van der Waals surface area (Å²) in [5.41, 5.74) is 0. The van der Waals surface area contributed by atoms with Gasteiger partial charge < -0.3 is 5.32 Å². The molecule has 90 valence electrons. The van der Waals surface area contributed by atoms with Gasteiger partial charge >= 0.3 is 0 Å². The quantitative estimate of drug-likeness (QED) is 0.841. The van der Waals surface area contributed by atoms with Crippen LogP contribution >= 0.6 is 0 Å². The Morgan fingerprint density at radius 2 is 2.06 bits per heavy atom. The van der Waals surface area contributed by atoms with Crippen LogP contribution in [0.3, 0.4) is 0 Å². The number of nitrogens with zero attached hydrogens (tertiary/aromatic N) is 4. The highest BCUT2D eigenvalue weighted by atomic mass is 15.2. The number of nitrogens with one attached hydrogen (secondary N) is 2. The number of H-pyrrole nitrogens is 1. The second-order valence-corrected chi connectivity index (χ2v) is 4.19. The van der Waals surface area contributed by atoms with E-state index in [4.69, 9.17) is 0 Å². The zero-order valence-corrected chi connectivity index (χ0v) is 10.2. The molecule has 2 N–H and O–H groups in total. The van der Waals surface area contributed by atoms with Crippen LogP contribution in [0.25, 0.3) is 0 Å². The van der Waals surface area contributed by atoms with Gasteiger partial charge in [0.05, 0.1) is 6.04 Å². The Kier molecular flexibility index (Phi) is 3.32. The predicted molar refractivity (Wildman–Crippen MR) is 64.5 cm³/mol. The van der Waals surface area contributed by atoms with E-state index < -0.39 is 0 Å². The Morgan fingerprint density at radius 3 is 2.71 bits per heavy atom. The summed E-state index contributed by atoms with van der Waals surface area (Å²) in [5, 5.41) is 9.90. The van der Waals surface area contributed by atoms with E-state index >= 15 is 0 Å². The Labute approximate surface area is 99.9 Å². The van der Waals surface area contributed by atoms with Crippen molar-refractivity contribution >= 4 is 5.82 Å². The second-order valence-electron chi connectivity index (χ2n) is 4.19. The molecule has 0 aliphatic rings. The van der Waals surface area contributed by atoms with E-state index in [-0.39, 0.29) is 6.04 Å². The fourth-order valence-electron chi connectivity index (χ4n) is 1.45. The molecule has 0 aromatic carbocycles. The Balaban J connectivity index is 2.11. The van der Waals surface area contributed by atoms with E-state index in [9.17, 15) is 0 Å². The smallest absolute Gasteiger partial charge is 0.146 e. The fraction of sp³-hybridized carbons (Fsp3) is 0.455. The van der Waals surface area contributed by atoms with Crippen molar-refractivity contribution in [2.45, 2.75) is 32.7 Å². The molecule has 0 spiro atoms. The van der Waals surface area contributed by atoms with Gasteiger partial charge in [0.1, 0.15) is 23.8 Å². The summed E-state index contributed by atoms with van der Waals surface area (Å²) >= 11 is 0. The van der Waals surface area contributed by atoms with Crippen LogP contribution in [0.2, 0.25) is 0 Å². The van der Waals surface area contributed by atoms with Crippen LogP contribution in [-0.4, -0.2) is 25.1 Å². The highest BCUT2D eigenvalue weighted by Crippen LogP contribution is 2.15. The van der Waals surface area contributed by atoms with E-state index in [1.807, 2.05) is 13.0 Å². The monoisotopic (exact) mass is 232 g/mol. The third-order valence-electron chi connectivity index (χ3n) is 2.40. The van der Waals surface area contributed by atoms with Crippen LogP contribution in [0.15, 0.2) is 18.6 Å². The fourth-order valence-corrected chi connectivity index (χ4v) is 1.45. The first-order valence-electron chi connectivity index (χ1n) is 5.61. The molecule has 0 aliphatic carbocycles. The van der Waals surface area contributed by atoms with Crippen LogP contribution < -0.4 is 5.32 Å². The molecule has 6 nitrogen and oxygen atoms in total. The van der Waals surface area contributed by atoms with Crippen molar-refractivity contribution in [3.63, 3.8) is 0 Å². The Morgan fingerprint density at radius 1 is 1.24 bits per heavy atom. The van der Waals surface area contributed by atoms with Crippen LogP contribution in [0.5, 0.6) is 0 Å². The van der Waals surface area contributed by atoms with Crippen LogP contribution in [0.4, 0.5) is 5.82 Å². The summed E-state index contributed by atoms with van der Waals surface area (Å²) < 4.78 is 0. The molecule has 17 heavy (non-hydrogen) atoms. The average Bonchev–Trinajstić information content (AvgIpc) is 2.82. The second kappa shape index (κ2) is 4.90. The van der Waals surface area contributed by atoms with Gasteiger partial charge in [0, 0.05) is 12.1 Å². The van der Waals surface area contributed by atoms with Crippen molar-refractivity contribution in [3.8, 4) is 0 Å². The van der Waals surface area contributed by atoms with Gasteiger partial charge in [-0.05, 0) is 13.0 Å². The molecule has 0 amide bonds. The first kappa shape index (κ1) is 11.5. The molecular formula is C11H16N6. The largest absolute Gasteiger partial charge is 0.360 e. The number of hydrogen-bond acceptors (Lipinski definition) is 5. The minimum atomic E-state index is 0.0346. The minimum Gasteiger partial charge on any atom is -0.360 e. The van der Waals surface area contributed by atoms with Crippen molar-refractivity contribution in [1.29, 1.82) is 0 Å². The molecule has 2 heterocycles. The van der Waals surface area contributed by atoms with E-state index in [0.717, 1.165) is 17.5 Å². The van der Waals surface area contributed by atoms with Crippen molar-refractivity contribution in [3.05, 3.63) is 30.2 Å². The van der Waals surface area contributed by atoms with Crippen LogP contribution in [0, 0.1) is 0 Å².